The number of carbonyl (C=O) groups is 1. The van der Waals surface area contributed by atoms with Crippen molar-refractivity contribution in [1.82, 2.24) is 14.8 Å². The molecular weight excluding hydrogens is 236 g/mol. The van der Waals surface area contributed by atoms with Gasteiger partial charge >= 0.3 is 6.09 Å². The summed E-state index contributed by atoms with van der Waals surface area (Å²) in [6.07, 6.45) is 2.11. The molecule has 0 saturated carbocycles. The van der Waals surface area contributed by atoms with E-state index in [1.807, 2.05) is 11.9 Å². The van der Waals surface area contributed by atoms with Crippen LogP contribution in [0.4, 0.5) is 16.3 Å². The van der Waals surface area contributed by atoms with E-state index in [2.05, 4.69) is 5.10 Å². The Hall–Kier alpha value is -1.96. The molecule has 2 rings (SSSR count). The molecule has 1 aliphatic rings. The molecule has 1 aliphatic heterocycles. The van der Waals surface area contributed by atoms with E-state index in [0.29, 0.717) is 12.2 Å². The highest BCUT2D eigenvalue weighted by atomic mass is 16.4. The van der Waals surface area contributed by atoms with E-state index < -0.39 is 6.09 Å². The summed E-state index contributed by atoms with van der Waals surface area (Å²) in [6, 6.07) is -0.217. The van der Waals surface area contributed by atoms with Crippen LogP contribution in [0.3, 0.4) is 0 Å². The first-order valence-electron chi connectivity index (χ1n) is 5.80. The summed E-state index contributed by atoms with van der Waals surface area (Å²) >= 11 is 0. The molecule has 18 heavy (non-hydrogen) atoms. The fraction of sp³-hybridized carbons (Fsp3) is 0.600. The Balaban J connectivity index is 2.14. The summed E-state index contributed by atoms with van der Waals surface area (Å²) in [7, 11) is 1.81. The number of nitrogens with zero attached hydrogens (tertiary/aromatic N) is 4. The van der Waals surface area contributed by atoms with Crippen molar-refractivity contribution in [2.75, 3.05) is 23.7 Å². The highest BCUT2D eigenvalue weighted by molar-refractivity contribution is 5.65. The predicted octanol–water partition coefficient (Wildman–Crippen LogP) is -0.175. The lowest BCUT2D eigenvalue weighted by Crippen LogP contribution is -2.53. The Morgan fingerprint density at radius 2 is 2.39 bits per heavy atom. The zero-order valence-corrected chi connectivity index (χ0v) is 10.3. The maximum atomic E-state index is 10.9. The largest absolute Gasteiger partial charge is 0.464 e. The molecule has 0 unspecified atom stereocenters. The predicted molar refractivity (Wildman–Crippen MR) is 66.9 cm³/mol. The van der Waals surface area contributed by atoms with E-state index in [-0.39, 0.29) is 6.04 Å². The summed E-state index contributed by atoms with van der Waals surface area (Å²) < 4.78 is 1.69. The van der Waals surface area contributed by atoms with Crippen molar-refractivity contribution in [1.29, 1.82) is 0 Å². The number of nitrogens with two attached hydrogens (primary N) is 2. The molecule has 0 radical (unpaired) electrons. The zero-order valence-electron chi connectivity index (χ0n) is 10.3. The molecule has 0 aliphatic carbocycles. The first-order valence-corrected chi connectivity index (χ1v) is 5.80. The fourth-order valence-corrected chi connectivity index (χ4v) is 2.37. The maximum absolute atomic E-state index is 10.9. The highest BCUT2D eigenvalue weighted by Gasteiger charge is 2.28. The second-order valence-electron chi connectivity index (χ2n) is 4.48. The average Bonchev–Trinajstić information content (AvgIpc) is 2.68. The minimum Gasteiger partial charge on any atom is -0.464 e. The van der Waals surface area contributed by atoms with Gasteiger partial charge < -0.3 is 15.7 Å². The van der Waals surface area contributed by atoms with Crippen LogP contribution in [0.25, 0.3) is 0 Å². The van der Waals surface area contributed by atoms with Crippen LogP contribution in [0.15, 0.2) is 6.20 Å². The number of carboxylic acid groups (broad SMARTS) is 1. The van der Waals surface area contributed by atoms with Gasteiger partial charge in [0, 0.05) is 20.1 Å². The molecule has 8 nitrogen and oxygen atoms in total. The number of hydrogen-bond acceptors (Lipinski definition) is 5. The van der Waals surface area contributed by atoms with Gasteiger partial charge in [0.2, 0.25) is 0 Å². The number of aryl methyl sites for hydroxylation is 1. The van der Waals surface area contributed by atoms with Gasteiger partial charge in [-0.25, -0.2) is 15.6 Å². The third-order valence-electron chi connectivity index (χ3n) is 3.25. The molecule has 1 amide bonds. The Labute approximate surface area is 105 Å². The van der Waals surface area contributed by atoms with Crippen LogP contribution in [0.1, 0.15) is 12.8 Å². The van der Waals surface area contributed by atoms with E-state index in [4.69, 9.17) is 16.7 Å². The van der Waals surface area contributed by atoms with Crippen LogP contribution >= 0.6 is 0 Å². The van der Waals surface area contributed by atoms with Crippen molar-refractivity contribution >= 4 is 17.6 Å². The van der Waals surface area contributed by atoms with Crippen LogP contribution in [0, 0.1) is 0 Å². The van der Waals surface area contributed by atoms with Gasteiger partial charge in [0.1, 0.15) is 5.82 Å². The Kier molecular flexibility index (Phi) is 3.28. The van der Waals surface area contributed by atoms with Crippen molar-refractivity contribution < 1.29 is 9.90 Å². The standard InChI is InChI=1S/C10H18N6O2/c1-14-9(8(11)5-13-14)15-4-2-3-7(6-15)16(12)10(17)18/h5,7H,2-4,6,11-12H2,1H3,(H,17,18)/t7-/m0/s1. The number of piperidine rings is 1. The second kappa shape index (κ2) is 4.73. The first kappa shape index (κ1) is 12.5. The molecule has 1 atom stereocenters. The van der Waals surface area contributed by atoms with Crippen molar-refractivity contribution in [3.05, 3.63) is 6.20 Å². The van der Waals surface area contributed by atoms with Crippen molar-refractivity contribution in [3.63, 3.8) is 0 Å². The van der Waals surface area contributed by atoms with E-state index in [1.165, 1.54) is 0 Å². The highest BCUT2D eigenvalue weighted by Crippen LogP contribution is 2.26. The summed E-state index contributed by atoms with van der Waals surface area (Å²) in [5.74, 6) is 6.35. The maximum Gasteiger partial charge on any atom is 0.421 e. The second-order valence-corrected chi connectivity index (χ2v) is 4.48. The number of amides is 1. The minimum atomic E-state index is -1.11. The molecule has 1 aromatic rings. The van der Waals surface area contributed by atoms with Crippen LogP contribution in [0.5, 0.6) is 0 Å². The average molecular weight is 254 g/mol. The van der Waals surface area contributed by atoms with Gasteiger partial charge in [-0.05, 0) is 12.8 Å². The Morgan fingerprint density at radius 1 is 1.67 bits per heavy atom. The van der Waals surface area contributed by atoms with E-state index >= 15 is 0 Å². The van der Waals surface area contributed by atoms with Gasteiger partial charge in [-0.2, -0.15) is 5.10 Å². The van der Waals surface area contributed by atoms with Gasteiger partial charge in [-0.3, -0.25) is 4.68 Å². The number of nitrogen functional groups attached to an aromatic ring is 1. The van der Waals surface area contributed by atoms with Crippen LogP contribution < -0.4 is 16.5 Å². The number of aromatic nitrogens is 2. The van der Waals surface area contributed by atoms with E-state index in [1.54, 1.807) is 10.9 Å². The first-order chi connectivity index (χ1) is 8.50. The number of rotatable bonds is 2. The molecule has 0 aromatic carbocycles. The van der Waals surface area contributed by atoms with Crippen LogP contribution in [-0.2, 0) is 7.05 Å². The molecule has 5 N–H and O–H groups in total. The lowest BCUT2D eigenvalue weighted by molar-refractivity contribution is 0.119. The normalized spacial score (nSPS) is 19.9. The molecule has 1 fully saturated rings. The molecule has 0 spiro atoms. The fourth-order valence-electron chi connectivity index (χ4n) is 2.37. The number of anilines is 2. The van der Waals surface area contributed by atoms with Gasteiger partial charge in [0.25, 0.3) is 0 Å². The molecule has 100 valence electrons. The van der Waals surface area contributed by atoms with Crippen LogP contribution in [0.2, 0.25) is 0 Å². The molecule has 0 bridgehead atoms. The van der Waals surface area contributed by atoms with Gasteiger partial charge in [0.05, 0.1) is 17.9 Å². The van der Waals surface area contributed by atoms with E-state index in [9.17, 15) is 4.79 Å². The number of hydrazine groups is 1. The minimum absolute atomic E-state index is 0.217. The van der Waals surface area contributed by atoms with Gasteiger partial charge in [-0.1, -0.05) is 0 Å². The monoisotopic (exact) mass is 254 g/mol. The molecular formula is C10H18N6O2. The Morgan fingerprint density at radius 3 is 2.94 bits per heavy atom. The smallest absolute Gasteiger partial charge is 0.421 e. The van der Waals surface area contributed by atoms with Crippen molar-refractivity contribution in [2.24, 2.45) is 12.9 Å². The summed E-state index contributed by atoms with van der Waals surface area (Å²) in [6.45, 7) is 1.36. The number of hydrogen-bond donors (Lipinski definition) is 3. The van der Waals surface area contributed by atoms with Gasteiger partial charge in [-0.15, -0.1) is 0 Å². The topological polar surface area (TPSA) is 114 Å². The summed E-state index contributed by atoms with van der Waals surface area (Å²) in [5, 5.41) is 13.9. The van der Waals surface area contributed by atoms with Crippen molar-refractivity contribution in [3.8, 4) is 0 Å². The van der Waals surface area contributed by atoms with Crippen LogP contribution in [-0.4, -0.2) is 45.1 Å². The molecule has 8 heteroatoms. The Bertz CT molecular complexity index is 426. The third kappa shape index (κ3) is 2.19. The van der Waals surface area contributed by atoms with Crippen molar-refractivity contribution in [2.45, 2.75) is 18.9 Å². The SMILES string of the molecule is Cn1ncc(N)c1N1CCC[C@H](N(N)C(=O)O)C1. The summed E-state index contributed by atoms with van der Waals surface area (Å²) in [5.41, 5.74) is 6.46. The zero-order chi connectivity index (χ0) is 13.3. The molecule has 2 heterocycles. The lowest BCUT2D eigenvalue weighted by atomic mass is 10.1. The summed E-state index contributed by atoms with van der Waals surface area (Å²) in [4.78, 5) is 12.9. The van der Waals surface area contributed by atoms with E-state index in [0.717, 1.165) is 30.2 Å². The lowest BCUT2D eigenvalue weighted by Gasteiger charge is -2.37. The third-order valence-corrected chi connectivity index (χ3v) is 3.25. The molecule has 1 aromatic heterocycles. The molecule has 1 saturated heterocycles. The van der Waals surface area contributed by atoms with Gasteiger partial charge in [0.15, 0.2) is 0 Å². The quantitative estimate of drug-likeness (QED) is 0.383.